The highest BCUT2D eigenvalue weighted by atomic mass is 32.2. The highest BCUT2D eigenvalue weighted by Gasteiger charge is 2.10. The third-order valence-corrected chi connectivity index (χ3v) is 4.09. The van der Waals surface area contributed by atoms with Gasteiger partial charge in [-0.05, 0) is 19.3 Å². The van der Waals surface area contributed by atoms with Gasteiger partial charge in [0, 0.05) is 6.54 Å². The molecule has 0 spiro atoms. The van der Waals surface area contributed by atoms with Crippen LogP contribution >= 0.6 is 11.8 Å². The van der Waals surface area contributed by atoms with Crippen LogP contribution in [0, 0.1) is 12.8 Å². The molecule has 1 rings (SSSR count). The van der Waals surface area contributed by atoms with Crippen LogP contribution in [0.15, 0.2) is 5.16 Å². The van der Waals surface area contributed by atoms with Gasteiger partial charge in [-0.25, -0.2) is 0 Å². The maximum absolute atomic E-state index is 10.6. The molecular weight excluding hydrogens is 274 g/mol. The van der Waals surface area contributed by atoms with Crippen LogP contribution in [0.2, 0.25) is 0 Å². The number of hydrogen-bond donors (Lipinski definition) is 1. The summed E-state index contributed by atoms with van der Waals surface area (Å²) in [7, 11) is 0. The molecule has 0 saturated carbocycles. The number of carbonyl (C=O) groups is 1. The molecule has 0 radical (unpaired) electrons. The van der Waals surface area contributed by atoms with Crippen molar-refractivity contribution >= 4 is 17.7 Å². The zero-order chi connectivity index (χ0) is 15.0. The lowest BCUT2D eigenvalue weighted by molar-refractivity contribution is -0.133. The van der Waals surface area contributed by atoms with Gasteiger partial charge in [0.05, 0.1) is 5.75 Å². The Morgan fingerprint density at radius 3 is 2.60 bits per heavy atom. The molecule has 5 nitrogen and oxygen atoms in total. The quantitative estimate of drug-likeness (QED) is 0.530. The summed E-state index contributed by atoms with van der Waals surface area (Å²) >= 11 is 1.24. The van der Waals surface area contributed by atoms with Crippen LogP contribution < -0.4 is 0 Å². The number of aliphatic carboxylic acids is 1. The van der Waals surface area contributed by atoms with Crippen LogP contribution in [0.4, 0.5) is 0 Å². The van der Waals surface area contributed by atoms with E-state index in [2.05, 4.69) is 24.0 Å². The number of thioether (sulfide) groups is 1. The minimum Gasteiger partial charge on any atom is -0.481 e. The molecular formula is C14H25N3O2S. The molecule has 0 aliphatic carbocycles. The fourth-order valence-electron chi connectivity index (χ4n) is 2.03. The van der Waals surface area contributed by atoms with Gasteiger partial charge in [-0.3, -0.25) is 4.79 Å². The maximum atomic E-state index is 10.6. The molecule has 0 fully saturated rings. The Bertz CT molecular complexity index is 419. The van der Waals surface area contributed by atoms with Gasteiger partial charge in [-0.2, -0.15) is 0 Å². The van der Waals surface area contributed by atoms with Gasteiger partial charge in [-0.15, -0.1) is 10.2 Å². The molecule has 20 heavy (non-hydrogen) atoms. The standard InChI is InChI=1S/C14H25N3O2S/c1-11(2)8-6-4-5-7-9-17-12(3)15-16-14(17)20-10-13(18)19/h11H,4-10H2,1-3H3,(H,18,19). The molecule has 1 aromatic heterocycles. The normalized spacial score (nSPS) is 11.2. The lowest BCUT2D eigenvalue weighted by Gasteiger charge is -2.08. The van der Waals surface area contributed by atoms with Crippen LogP contribution in [0.25, 0.3) is 0 Å². The van der Waals surface area contributed by atoms with Crippen molar-refractivity contribution in [3.8, 4) is 0 Å². The van der Waals surface area contributed by atoms with E-state index in [0.29, 0.717) is 5.16 Å². The lowest BCUT2D eigenvalue weighted by Crippen LogP contribution is -2.05. The van der Waals surface area contributed by atoms with E-state index in [9.17, 15) is 4.79 Å². The fraction of sp³-hybridized carbons (Fsp3) is 0.786. The Morgan fingerprint density at radius 2 is 1.95 bits per heavy atom. The second-order valence-corrected chi connectivity index (χ2v) is 6.40. The molecule has 0 atom stereocenters. The van der Waals surface area contributed by atoms with Crippen molar-refractivity contribution in [3.63, 3.8) is 0 Å². The third-order valence-electron chi connectivity index (χ3n) is 3.14. The maximum Gasteiger partial charge on any atom is 0.313 e. The van der Waals surface area contributed by atoms with E-state index in [4.69, 9.17) is 5.11 Å². The molecule has 114 valence electrons. The Kier molecular flexibility index (Phi) is 7.65. The van der Waals surface area contributed by atoms with Crippen LogP contribution in [-0.4, -0.2) is 31.6 Å². The largest absolute Gasteiger partial charge is 0.481 e. The van der Waals surface area contributed by atoms with Crippen molar-refractivity contribution in [1.82, 2.24) is 14.8 Å². The first kappa shape index (κ1) is 17.0. The number of unbranched alkanes of at least 4 members (excludes halogenated alkanes) is 3. The van der Waals surface area contributed by atoms with Crippen LogP contribution in [0.3, 0.4) is 0 Å². The predicted octanol–water partition coefficient (Wildman–Crippen LogP) is 3.37. The molecule has 0 unspecified atom stereocenters. The van der Waals surface area contributed by atoms with E-state index < -0.39 is 5.97 Å². The summed E-state index contributed by atoms with van der Waals surface area (Å²) in [5.74, 6) is 0.858. The number of hydrogen-bond acceptors (Lipinski definition) is 4. The minimum absolute atomic E-state index is 0.0342. The van der Waals surface area contributed by atoms with Crippen molar-refractivity contribution in [2.45, 2.75) is 64.6 Å². The topological polar surface area (TPSA) is 68.0 Å². The molecule has 1 aromatic rings. The molecule has 6 heteroatoms. The van der Waals surface area contributed by atoms with Crippen LogP contribution in [-0.2, 0) is 11.3 Å². The smallest absolute Gasteiger partial charge is 0.313 e. The Labute approximate surface area is 125 Å². The number of aromatic nitrogens is 3. The molecule has 0 saturated heterocycles. The average molecular weight is 299 g/mol. The highest BCUT2D eigenvalue weighted by Crippen LogP contribution is 2.18. The van der Waals surface area contributed by atoms with E-state index in [0.717, 1.165) is 24.7 Å². The summed E-state index contributed by atoms with van der Waals surface area (Å²) in [4.78, 5) is 10.6. The van der Waals surface area contributed by atoms with Gasteiger partial charge in [0.25, 0.3) is 0 Å². The molecule has 0 bridgehead atoms. The summed E-state index contributed by atoms with van der Waals surface area (Å²) < 4.78 is 2.02. The van der Waals surface area contributed by atoms with Gasteiger partial charge < -0.3 is 9.67 Å². The van der Waals surface area contributed by atoms with E-state index in [-0.39, 0.29) is 5.75 Å². The van der Waals surface area contributed by atoms with E-state index in [1.54, 1.807) is 0 Å². The zero-order valence-electron chi connectivity index (χ0n) is 12.6. The molecule has 0 aliphatic heterocycles. The predicted molar refractivity (Wildman–Crippen MR) is 81.0 cm³/mol. The first-order chi connectivity index (χ1) is 9.50. The van der Waals surface area contributed by atoms with Crippen molar-refractivity contribution in [1.29, 1.82) is 0 Å². The molecule has 0 aromatic carbocycles. The first-order valence-corrected chi connectivity index (χ1v) is 8.23. The second-order valence-electron chi connectivity index (χ2n) is 5.46. The number of rotatable bonds is 10. The van der Waals surface area contributed by atoms with Gasteiger partial charge in [0.1, 0.15) is 5.82 Å². The summed E-state index contributed by atoms with van der Waals surface area (Å²) in [5, 5.41) is 17.5. The monoisotopic (exact) mass is 299 g/mol. The van der Waals surface area contributed by atoms with Gasteiger partial charge in [0.15, 0.2) is 5.16 Å². The van der Waals surface area contributed by atoms with Crippen molar-refractivity contribution in [2.75, 3.05) is 5.75 Å². The average Bonchev–Trinajstić information content (AvgIpc) is 2.72. The Balaban J connectivity index is 2.31. The van der Waals surface area contributed by atoms with Crippen molar-refractivity contribution < 1.29 is 9.90 Å². The first-order valence-electron chi connectivity index (χ1n) is 7.25. The van der Waals surface area contributed by atoms with E-state index >= 15 is 0 Å². The number of aryl methyl sites for hydroxylation is 1. The highest BCUT2D eigenvalue weighted by molar-refractivity contribution is 7.99. The zero-order valence-corrected chi connectivity index (χ0v) is 13.4. The Hall–Kier alpha value is -1.04. The number of carboxylic acids is 1. The van der Waals surface area contributed by atoms with Crippen LogP contribution in [0.5, 0.6) is 0 Å². The second kappa shape index (κ2) is 9.00. The van der Waals surface area contributed by atoms with E-state index in [1.165, 1.54) is 37.4 Å². The van der Waals surface area contributed by atoms with Crippen molar-refractivity contribution in [2.24, 2.45) is 5.92 Å². The van der Waals surface area contributed by atoms with E-state index in [1.807, 2.05) is 11.5 Å². The SMILES string of the molecule is Cc1nnc(SCC(=O)O)n1CCCCCCC(C)C. The molecule has 0 amide bonds. The summed E-state index contributed by atoms with van der Waals surface area (Å²) in [6, 6.07) is 0. The summed E-state index contributed by atoms with van der Waals surface area (Å²) in [6.45, 7) is 7.30. The van der Waals surface area contributed by atoms with Crippen LogP contribution in [0.1, 0.15) is 51.8 Å². The molecule has 1 N–H and O–H groups in total. The summed E-state index contributed by atoms with van der Waals surface area (Å²) in [6.07, 6.45) is 6.15. The lowest BCUT2D eigenvalue weighted by atomic mass is 10.0. The number of nitrogens with zero attached hydrogens (tertiary/aromatic N) is 3. The Morgan fingerprint density at radius 1 is 1.25 bits per heavy atom. The fourth-order valence-corrected chi connectivity index (χ4v) is 2.76. The minimum atomic E-state index is -0.823. The van der Waals surface area contributed by atoms with Gasteiger partial charge >= 0.3 is 5.97 Å². The molecule has 0 aliphatic rings. The van der Waals surface area contributed by atoms with Crippen molar-refractivity contribution in [3.05, 3.63) is 5.82 Å². The van der Waals surface area contributed by atoms with Gasteiger partial charge in [-0.1, -0.05) is 51.3 Å². The number of carboxylic acid groups (broad SMARTS) is 1. The van der Waals surface area contributed by atoms with Gasteiger partial charge in [0.2, 0.25) is 0 Å². The summed E-state index contributed by atoms with van der Waals surface area (Å²) in [5.41, 5.74) is 0. The molecule has 1 heterocycles. The third kappa shape index (κ3) is 6.41.